The first-order valence-corrected chi connectivity index (χ1v) is 8.52. The molecule has 0 saturated heterocycles. The number of carbonyl (C=O) groups excluding carboxylic acids is 2. The Balaban J connectivity index is 1.96. The van der Waals surface area contributed by atoms with E-state index in [1.165, 1.54) is 12.7 Å². The average Bonchev–Trinajstić information content (AvgIpc) is 2.64. The van der Waals surface area contributed by atoms with Gasteiger partial charge < -0.3 is 5.32 Å². The zero-order chi connectivity index (χ0) is 19.3. The molecule has 0 spiro atoms. The highest BCUT2D eigenvalue weighted by molar-refractivity contribution is 5.94. The van der Waals surface area contributed by atoms with Crippen molar-refractivity contribution in [3.63, 3.8) is 0 Å². The number of hydroxylamine groups is 2. The highest BCUT2D eigenvalue weighted by atomic mass is 16.7. The fourth-order valence-electron chi connectivity index (χ4n) is 2.44. The molecule has 0 bridgehead atoms. The summed E-state index contributed by atoms with van der Waals surface area (Å²) in [6, 6.07) is 14.7. The largest absolute Gasteiger partial charge is 0.348 e. The Morgan fingerprint density at radius 3 is 2.00 bits per heavy atom. The van der Waals surface area contributed by atoms with Gasteiger partial charge in [0, 0.05) is 24.7 Å². The molecular weight excluding hydrogens is 328 g/mol. The van der Waals surface area contributed by atoms with Crippen molar-refractivity contribution in [2.45, 2.75) is 32.7 Å². The van der Waals surface area contributed by atoms with Gasteiger partial charge in [0.25, 0.3) is 11.8 Å². The summed E-state index contributed by atoms with van der Waals surface area (Å²) in [4.78, 5) is 29.1. The molecule has 0 aromatic heterocycles. The smallest absolute Gasteiger partial charge is 0.277 e. The van der Waals surface area contributed by atoms with Crippen molar-refractivity contribution < 1.29 is 14.4 Å². The Kier molecular flexibility index (Phi) is 6.16. The maximum Gasteiger partial charge on any atom is 0.277 e. The van der Waals surface area contributed by atoms with Gasteiger partial charge in [0.15, 0.2) is 0 Å². The Bertz CT molecular complexity index is 759. The van der Waals surface area contributed by atoms with E-state index in [-0.39, 0.29) is 17.2 Å². The number of amides is 2. The van der Waals surface area contributed by atoms with Gasteiger partial charge in [0.1, 0.15) is 0 Å². The molecule has 138 valence electrons. The molecule has 1 N–H and O–H groups in total. The van der Waals surface area contributed by atoms with Crippen LogP contribution < -0.4 is 5.32 Å². The van der Waals surface area contributed by atoms with Crippen LogP contribution in [0.1, 0.15) is 52.6 Å². The Morgan fingerprint density at radius 1 is 0.962 bits per heavy atom. The van der Waals surface area contributed by atoms with Crippen LogP contribution >= 0.6 is 0 Å². The number of hydrogen-bond acceptors (Lipinski definition) is 3. The van der Waals surface area contributed by atoms with Crippen molar-refractivity contribution in [1.82, 2.24) is 10.4 Å². The second-order valence-corrected chi connectivity index (χ2v) is 7.19. The molecular formula is C21H26N2O3. The fourth-order valence-corrected chi connectivity index (χ4v) is 2.44. The number of nitrogens with zero attached hydrogens (tertiary/aromatic N) is 1. The summed E-state index contributed by atoms with van der Waals surface area (Å²) in [6.45, 7) is 6.82. The predicted octanol–water partition coefficient (Wildman–Crippen LogP) is 3.55. The molecule has 0 atom stereocenters. The highest BCUT2D eigenvalue weighted by Crippen LogP contribution is 2.22. The molecule has 0 radical (unpaired) electrons. The maximum absolute atomic E-state index is 12.3. The molecule has 2 aromatic rings. The van der Waals surface area contributed by atoms with E-state index in [9.17, 15) is 9.59 Å². The summed E-state index contributed by atoms with van der Waals surface area (Å²) < 4.78 is 0. The van der Waals surface area contributed by atoms with E-state index in [2.05, 4.69) is 26.1 Å². The first-order chi connectivity index (χ1) is 12.2. The lowest BCUT2D eigenvalue weighted by Gasteiger charge is -2.19. The molecule has 0 aliphatic rings. The molecule has 0 saturated carbocycles. The Hall–Kier alpha value is -2.66. The van der Waals surface area contributed by atoms with Gasteiger partial charge in [-0.15, -0.1) is 0 Å². The first kappa shape index (κ1) is 19.7. The lowest BCUT2D eigenvalue weighted by atomic mass is 9.87. The van der Waals surface area contributed by atoms with Crippen molar-refractivity contribution in [2.24, 2.45) is 0 Å². The lowest BCUT2D eigenvalue weighted by Crippen LogP contribution is -2.25. The first-order valence-electron chi connectivity index (χ1n) is 8.52. The molecule has 0 unspecified atom stereocenters. The van der Waals surface area contributed by atoms with Gasteiger partial charge in [0.05, 0.1) is 7.11 Å². The van der Waals surface area contributed by atoms with Crippen molar-refractivity contribution in [2.75, 3.05) is 14.2 Å². The highest BCUT2D eigenvalue weighted by Gasteiger charge is 2.14. The zero-order valence-corrected chi connectivity index (χ0v) is 16.0. The molecule has 0 aliphatic heterocycles. The third-order valence-electron chi connectivity index (χ3n) is 4.23. The van der Waals surface area contributed by atoms with Crippen LogP contribution in [0.25, 0.3) is 0 Å². The van der Waals surface area contributed by atoms with Crippen molar-refractivity contribution in [1.29, 1.82) is 0 Å². The van der Waals surface area contributed by atoms with E-state index in [4.69, 9.17) is 4.84 Å². The van der Waals surface area contributed by atoms with Crippen molar-refractivity contribution in [3.05, 3.63) is 70.8 Å². The van der Waals surface area contributed by atoms with Gasteiger partial charge in [-0.05, 0) is 40.8 Å². The number of carbonyl (C=O) groups is 2. The molecule has 2 amide bonds. The SMILES string of the molecule is CON(C)C(=O)c1ccc(CNC(=O)c2ccc(C(C)(C)C)cc2)cc1. The predicted molar refractivity (Wildman–Crippen MR) is 102 cm³/mol. The normalized spacial score (nSPS) is 11.1. The minimum atomic E-state index is -0.220. The standard InChI is InChI=1S/C21H26N2O3/c1-21(2,3)18-12-10-16(11-13-18)19(24)22-14-15-6-8-17(9-7-15)20(25)23(4)26-5/h6-13H,14H2,1-5H3,(H,22,24). The minimum Gasteiger partial charge on any atom is -0.348 e. The van der Waals surface area contributed by atoms with Gasteiger partial charge in [-0.1, -0.05) is 45.0 Å². The number of nitrogens with one attached hydrogen (secondary N) is 1. The van der Waals surface area contributed by atoms with Gasteiger partial charge in [0.2, 0.25) is 0 Å². The van der Waals surface area contributed by atoms with Crippen LogP contribution in [-0.2, 0) is 16.8 Å². The van der Waals surface area contributed by atoms with E-state index in [0.717, 1.165) is 10.6 Å². The van der Waals surface area contributed by atoms with Gasteiger partial charge in [-0.2, -0.15) is 0 Å². The fraction of sp³-hybridized carbons (Fsp3) is 0.333. The van der Waals surface area contributed by atoms with Crippen molar-refractivity contribution >= 4 is 11.8 Å². The third kappa shape index (κ3) is 4.92. The molecule has 26 heavy (non-hydrogen) atoms. The lowest BCUT2D eigenvalue weighted by molar-refractivity contribution is -0.0757. The molecule has 2 aromatic carbocycles. The molecule has 0 aliphatic carbocycles. The van der Waals surface area contributed by atoms with E-state index < -0.39 is 0 Å². The Labute approximate surface area is 154 Å². The van der Waals surface area contributed by atoms with Gasteiger partial charge in [-0.3, -0.25) is 14.4 Å². The monoisotopic (exact) mass is 354 g/mol. The van der Waals surface area contributed by atoms with Crippen LogP contribution in [0.5, 0.6) is 0 Å². The summed E-state index contributed by atoms with van der Waals surface area (Å²) >= 11 is 0. The summed E-state index contributed by atoms with van der Waals surface area (Å²) in [5.74, 6) is -0.341. The maximum atomic E-state index is 12.3. The van der Waals surface area contributed by atoms with Crippen LogP contribution in [-0.4, -0.2) is 31.0 Å². The van der Waals surface area contributed by atoms with Crippen LogP contribution in [0.15, 0.2) is 48.5 Å². The summed E-state index contributed by atoms with van der Waals surface area (Å²) in [5.41, 5.74) is 3.33. The van der Waals surface area contributed by atoms with Crippen LogP contribution in [0.4, 0.5) is 0 Å². The summed E-state index contributed by atoms with van der Waals surface area (Å²) in [7, 11) is 3.00. The van der Waals surface area contributed by atoms with Crippen molar-refractivity contribution in [3.8, 4) is 0 Å². The third-order valence-corrected chi connectivity index (χ3v) is 4.23. The summed E-state index contributed by atoms with van der Waals surface area (Å²) in [6.07, 6.45) is 0. The molecule has 0 heterocycles. The topological polar surface area (TPSA) is 58.6 Å². The van der Waals surface area contributed by atoms with E-state index in [0.29, 0.717) is 17.7 Å². The minimum absolute atomic E-state index is 0.0606. The molecule has 5 heteroatoms. The Morgan fingerprint density at radius 2 is 1.50 bits per heavy atom. The molecule has 5 nitrogen and oxygen atoms in total. The van der Waals surface area contributed by atoms with Gasteiger partial charge in [-0.25, -0.2) is 5.06 Å². The zero-order valence-electron chi connectivity index (χ0n) is 16.0. The number of benzene rings is 2. The van der Waals surface area contributed by atoms with Crippen LogP contribution in [0, 0.1) is 0 Å². The number of hydrogen-bond donors (Lipinski definition) is 1. The molecule has 0 fully saturated rings. The number of rotatable bonds is 5. The average molecular weight is 354 g/mol. The van der Waals surface area contributed by atoms with Crippen LogP contribution in [0.2, 0.25) is 0 Å². The summed E-state index contributed by atoms with van der Waals surface area (Å²) in [5, 5.41) is 4.06. The second kappa shape index (κ2) is 8.15. The molecule has 2 rings (SSSR count). The quantitative estimate of drug-likeness (QED) is 0.836. The van der Waals surface area contributed by atoms with E-state index in [1.807, 2.05) is 36.4 Å². The second-order valence-electron chi connectivity index (χ2n) is 7.19. The van der Waals surface area contributed by atoms with Crippen LogP contribution in [0.3, 0.4) is 0 Å². The van der Waals surface area contributed by atoms with E-state index >= 15 is 0 Å². The van der Waals surface area contributed by atoms with E-state index in [1.54, 1.807) is 19.2 Å². The van der Waals surface area contributed by atoms with Gasteiger partial charge >= 0.3 is 0 Å².